The van der Waals surface area contributed by atoms with Crippen molar-refractivity contribution in [2.24, 2.45) is 17.2 Å². The van der Waals surface area contributed by atoms with Crippen LogP contribution in [0.3, 0.4) is 0 Å². The van der Waals surface area contributed by atoms with Crippen molar-refractivity contribution in [1.82, 2.24) is 15.2 Å². The van der Waals surface area contributed by atoms with Gasteiger partial charge in [-0.25, -0.2) is 0 Å². The standard InChI is InChI=1S/C15H27BrN4/c1-4-9-20-14(12(16)10-18-20)13(19-17)11-5-7-15(2,3)8-6-11/h10-11,13,19H,4-9,17H2,1-3H3. The summed E-state index contributed by atoms with van der Waals surface area (Å²) < 4.78 is 3.16. The molecule has 1 saturated carbocycles. The van der Waals surface area contributed by atoms with Gasteiger partial charge in [-0.3, -0.25) is 16.0 Å². The van der Waals surface area contributed by atoms with Gasteiger partial charge in [0.2, 0.25) is 0 Å². The Morgan fingerprint density at radius 2 is 2.15 bits per heavy atom. The van der Waals surface area contributed by atoms with Gasteiger partial charge in [-0.2, -0.15) is 5.10 Å². The third-order valence-electron chi connectivity index (χ3n) is 4.60. The van der Waals surface area contributed by atoms with Crippen LogP contribution < -0.4 is 11.3 Å². The van der Waals surface area contributed by atoms with Gasteiger partial charge >= 0.3 is 0 Å². The SMILES string of the molecule is CCCn1ncc(Br)c1C(NN)C1CCC(C)(C)CC1. The molecule has 5 heteroatoms. The zero-order valence-corrected chi connectivity index (χ0v) is 14.4. The number of hydrazine groups is 1. The maximum atomic E-state index is 5.88. The summed E-state index contributed by atoms with van der Waals surface area (Å²) in [4.78, 5) is 0. The summed E-state index contributed by atoms with van der Waals surface area (Å²) in [6.45, 7) is 7.85. The van der Waals surface area contributed by atoms with Crippen LogP contribution in [0.1, 0.15) is 64.6 Å². The summed E-state index contributed by atoms with van der Waals surface area (Å²) in [7, 11) is 0. The summed E-state index contributed by atoms with van der Waals surface area (Å²) in [5, 5.41) is 4.47. The van der Waals surface area contributed by atoms with Crippen LogP contribution in [0.25, 0.3) is 0 Å². The molecular weight excluding hydrogens is 316 g/mol. The number of halogens is 1. The van der Waals surface area contributed by atoms with Gasteiger partial charge in [0.1, 0.15) is 0 Å². The van der Waals surface area contributed by atoms with Crippen LogP contribution in [-0.2, 0) is 6.54 Å². The van der Waals surface area contributed by atoms with Gasteiger partial charge in [0.25, 0.3) is 0 Å². The van der Waals surface area contributed by atoms with Crippen LogP contribution in [0.15, 0.2) is 10.7 Å². The number of nitrogens with two attached hydrogens (primary N) is 1. The fourth-order valence-corrected chi connectivity index (χ4v) is 3.81. The second-order valence-electron chi connectivity index (χ2n) is 6.75. The molecule has 20 heavy (non-hydrogen) atoms. The molecule has 1 fully saturated rings. The number of hydrogen-bond acceptors (Lipinski definition) is 3. The highest BCUT2D eigenvalue weighted by Gasteiger charge is 2.33. The average Bonchev–Trinajstić information content (AvgIpc) is 2.75. The summed E-state index contributed by atoms with van der Waals surface area (Å²) in [5.41, 5.74) is 4.74. The van der Waals surface area contributed by atoms with E-state index in [1.54, 1.807) is 0 Å². The molecule has 2 rings (SSSR count). The molecule has 0 aliphatic heterocycles. The van der Waals surface area contributed by atoms with Crippen molar-refractivity contribution in [3.63, 3.8) is 0 Å². The predicted molar refractivity (Wildman–Crippen MR) is 86.0 cm³/mol. The number of rotatable bonds is 5. The van der Waals surface area contributed by atoms with E-state index in [9.17, 15) is 0 Å². The Balaban J connectivity index is 2.18. The Labute approximate surface area is 130 Å². The van der Waals surface area contributed by atoms with E-state index in [0.717, 1.165) is 17.4 Å². The Morgan fingerprint density at radius 3 is 2.70 bits per heavy atom. The number of aromatic nitrogens is 2. The topological polar surface area (TPSA) is 55.9 Å². The van der Waals surface area contributed by atoms with Gasteiger partial charge in [-0.15, -0.1) is 0 Å². The molecule has 0 saturated heterocycles. The fraction of sp³-hybridized carbons (Fsp3) is 0.800. The minimum absolute atomic E-state index is 0.189. The third-order valence-corrected chi connectivity index (χ3v) is 5.21. The fourth-order valence-electron chi connectivity index (χ4n) is 3.26. The highest BCUT2D eigenvalue weighted by Crippen LogP contribution is 2.43. The molecule has 114 valence electrons. The first-order valence-electron chi connectivity index (χ1n) is 7.66. The molecule has 0 radical (unpaired) electrons. The number of hydrogen-bond donors (Lipinski definition) is 2. The molecule has 0 bridgehead atoms. The van der Waals surface area contributed by atoms with Gasteiger partial charge < -0.3 is 0 Å². The molecule has 4 nitrogen and oxygen atoms in total. The van der Waals surface area contributed by atoms with E-state index in [-0.39, 0.29) is 6.04 Å². The first-order chi connectivity index (χ1) is 9.48. The van der Waals surface area contributed by atoms with E-state index in [2.05, 4.69) is 51.9 Å². The Hall–Kier alpha value is -0.390. The molecule has 1 unspecified atom stereocenters. The molecule has 0 amide bonds. The molecule has 1 heterocycles. The van der Waals surface area contributed by atoms with E-state index >= 15 is 0 Å². The van der Waals surface area contributed by atoms with Crippen LogP contribution in [0.2, 0.25) is 0 Å². The van der Waals surface area contributed by atoms with Crippen molar-refractivity contribution in [3.8, 4) is 0 Å². The molecule has 1 aliphatic carbocycles. The maximum absolute atomic E-state index is 5.88. The monoisotopic (exact) mass is 342 g/mol. The van der Waals surface area contributed by atoms with Gasteiger partial charge in [-0.1, -0.05) is 20.8 Å². The molecule has 1 aliphatic rings. The van der Waals surface area contributed by atoms with E-state index in [0.29, 0.717) is 11.3 Å². The maximum Gasteiger partial charge on any atom is 0.0712 e. The van der Waals surface area contributed by atoms with E-state index in [1.807, 2.05) is 6.20 Å². The lowest BCUT2D eigenvalue weighted by molar-refractivity contribution is 0.158. The lowest BCUT2D eigenvalue weighted by atomic mass is 9.71. The number of nitrogens with zero attached hydrogens (tertiary/aromatic N) is 2. The van der Waals surface area contributed by atoms with E-state index < -0.39 is 0 Å². The predicted octanol–water partition coefficient (Wildman–Crippen LogP) is 3.78. The largest absolute Gasteiger partial charge is 0.271 e. The molecule has 3 N–H and O–H groups in total. The van der Waals surface area contributed by atoms with Crippen molar-refractivity contribution in [2.75, 3.05) is 0 Å². The molecule has 0 spiro atoms. The van der Waals surface area contributed by atoms with E-state index in [1.165, 1.54) is 31.4 Å². The zero-order valence-electron chi connectivity index (χ0n) is 12.8. The summed E-state index contributed by atoms with van der Waals surface area (Å²) in [6, 6.07) is 0.189. The second-order valence-corrected chi connectivity index (χ2v) is 7.60. The Morgan fingerprint density at radius 1 is 1.50 bits per heavy atom. The first-order valence-corrected chi connectivity index (χ1v) is 8.45. The highest BCUT2D eigenvalue weighted by atomic mass is 79.9. The average molecular weight is 343 g/mol. The van der Waals surface area contributed by atoms with Crippen LogP contribution in [0.4, 0.5) is 0 Å². The first kappa shape index (κ1) is 16.0. The Bertz CT molecular complexity index is 431. The summed E-state index contributed by atoms with van der Waals surface area (Å²) in [6.07, 6.45) is 7.97. The van der Waals surface area contributed by atoms with Gasteiger partial charge in [0, 0.05) is 6.54 Å². The molecule has 0 aromatic carbocycles. The van der Waals surface area contributed by atoms with Crippen molar-refractivity contribution >= 4 is 15.9 Å². The smallest absolute Gasteiger partial charge is 0.0712 e. The summed E-state index contributed by atoms with van der Waals surface area (Å²) >= 11 is 3.64. The lowest BCUT2D eigenvalue weighted by Gasteiger charge is -2.38. The van der Waals surface area contributed by atoms with Crippen molar-refractivity contribution in [3.05, 3.63) is 16.4 Å². The number of aryl methyl sites for hydroxylation is 1. The minimum Gasteiger partial charge on any atom is -0.271 e. The molecule has 1 aromatic heterocycles. The van der Waals surface area contributed by atoms with Crippen LogP contribution in [0, 0.1) is 11.3 Å². The van der Waals surface area contributed by atoms with Crippen molar-refractivity contribution in [1.29, 1.82) is 0 Å². The minimum atomic E-state index is 0.189. The van der Waals surface area contributed by atoms with Crippen LogP contribution in [0.5, 0.6) is 0 Å². The summed E-state index contributed by atoms with van der Waals surface area (Å²) in [5.74, 6) is 6.48. The third kappa shape index (κ3) is 3.43. The van der Waals surface area contributed by atoms with Crippen molar-refractivity contribution < 1.29 is 0 Å². The molecular formula is C15H27BrN4. The zero-order chi connectivity index (χ0) is 14.8. The normalized spacial score (nSPS) is 21.1. The van der Waals surface area contributed by atoms with Crippen LogP contribution >= 0.6 is 15.9 Å². The van der Waals surface area contributed by atoms with Gasteiger partial charge in [0.05, 0.1) is 22.4 Å². The Kier molecular flexibility index (Phi) is 5.26. The number of nitrogens with one attached hydrogen (secondary N) is 1. The van der Waals surface area contributed by atoms with Crippen molar-refractivity contribution in [2.45, 2.75) is 65.5 Å². The molecule has 1 atom stereocenters. The van der Waals surface area contributed by atoms with Crippen LogP contribution in [-0.4, -0.2) is 9.78 Å². The molecule has 1 aromatic rings. The second kappa shape index (κ2) is 6.58. The van der Waals surface area contributed by atoms with E-state index in [4.69, 9.17) is 5.84 Å². The quantitative estimate of drug-likeness (QED) is 0.632. The van der Waals surface area contributed by atoms with Gasteiger partial charge in [-0.05, 0) is 59.4 Å². The lowest BCUT2D eigenvalue weighted by Crippen LogP contribution is -2.38. The van der Waals surface area contributed by atoms with Gasteiger partial charge in [0.15, 0.2) is 0 Å². The highest BCUT2D eigenvalue weighted by molar-refractivity contribution is 9.10.